The van der Waals surface area contributed by atoms with Gasteiger partial charge in [0.2, 0.25) is 0 Å². The molecule has 0 unspecified atom stereocenters. The lowest BCUT2D eigenvalue weighted by molar-refractivity contribution is 0.475. The number of rotatable bonds is 11. The molecule has 0 bridgehead atoms. The third-order valence-electron chi connectivity index (χ3n) is 8.91. The Morgan fingerprint density at radius 2 is 0.983 bits per heavy atom. The predicted molar refractivity (Wildman–Crippen MR) is 223 cm³/mol. The van der Waals surface area contributed by atoms with Crippen molar-refractivity contribution in [2.24, 2.45) is 40.9 Å². The van der Waals surface area contributed by atoms with Gasteiger partial charge in [0.05, 0.1) is 28.4 Å². The van der Waals surface area contributed by atoms with Crippen LogP contribution < -0.4 is 5.32 Å². The van der Waals surface area contributed by atoms with E-state index >= 15 is 0 Å². The Hall–Kier alpha value is -7.49. The molecule has 0 amide bonds. The zero-order valence-electron chi connectivity index (χ0n) is 31.3. The molecule has 14 nitrogen and oxygen atoms in total. The molecule has 7 aromatic carbocycles. The second-order valence-corrected chi connectivity index (χ2v) is 14.6. The smallest absolute Gasteiger partial charge is 0.296 e. The maximum absolute atomic E-state index is 11.6. The second kappa shape index (κ2) is 16.7. The lowest BCUT2D eigenvalue weighted by atomic mass is 10.1. The van der Waals surface area contributed by atoms with Crippen molar-refractivity contribution in [2.75, 3.05) is 5.32 Å². The largest absolute Gasteiger partial charge is 0.506 e. The molecule has 0 heterocycles. The summed E-state index contributed by atoms with van der Waals surface area (Å²) in [5.74, 6) is -0.172. The lowest BCUT2D eigenvalue weighted by Crippen LogP contribution is -1.97. The number of phenolic OH excluding ortho intramolecular Hbond substituents is 2. The minimum Gasteiger partial charge on any atom is -0.506 e. The lowest BCUT2D eigenvalue weighted by Gasteiger charge is -2.09. The fraction of sp³-hybridized carbons (Fsp3) is 0.0698. The van der Waals surface area contributed by atoms with Crippen molar-refractivity contribution in [2.45, 2.75) is 25.7 Å². The zero-order valence-corrected chi connectivity index (χ0v) is 32.2. The van der Waals surface area contributed by atoms with Crippen LogP contribution in [0.4, 0.5) is 56.9 Å². The summed E-state index contributed by atoms with van der Waals surface area (Å²) in [4.78, 5) is -0.335. The Balaban J connectivity index is 1.01. The summed E-state index contributed by atoms with van der Waals surface area (Å²) in [6.45, 7) is 5.58. The molecule has 0 fully saturated rings. The number of benzene rings is 7. The van der Waals surface area contributed by atoms with E-state index in [-0.39, 0.29) is 33.5 Å². The number of nitrogens with one attached hydrogen (secondary N) is 1. The van der Waals surface area contributed by atoms with Crippen LogP contribution >= 0.6 is 0 Å². The first-order valence-electron chi connectivity index (χ1n) is 17.8. The van der Waals surface area contributed by atoms with Gasteiger partial charge in [-0.25, -0.2) is 0 Å². The topological polar surface area (TPSA) is 206 Å². The van der Waals surface area contributed by atoms with Crippen LogP contribution in [-0.4, -0.2) is 23.2 Å². The molecular weight excluding hydrogens is 755 g/mol. The van der Waals surface area contributed by atoms with E-state index in [2.05, 4.69) is 46.2 Å². The van der Waals surface area contributed by atoms with Gasteiger partial charge >= 0.3 is 0 Å². The molecule has 7 rings (SSSR count). The van der Waals surface area contributed by atoms with Gasteiger partial charge in [0.25, 0.3) is 10.1 Å². The van der Waals surface area contributed by atoms with Gasteiger partial charge < -0.3 is 15.5 Å². The highest BCUT2D eigenvalue weighted by Gasteiger charge is 2.15. The van der Waals surface area contributed by atoms with Gasteiger partial charge in [0.15, 0.2) is 5.75 Å². The van der Waals surface area contributed by atoms with Crippen molar-refractivity contribution < 1.29 is 23.2 Å². The fourth-order valence-electron chi connectivity index (χ4n) is 5.79. The van der Waals surface area contributed by atoms with E-state index in [1.807, 2.05) is 87.5 Å². The van der Waals surface area contributed by atoms with E-state index in [0.29, 0.717) is 39.4 Å². The molecular formula is C43H35N9O5S. The number of aromatic hydroxyl groups is 2. The summed E-state index contributed by atoms with van der Waals surface area (Å²) >= 11 is 0. The van der Waals surface area contributed by atoms with Crippen LogP contribution in [-0.2, 0) is 10.1 Å². The number of hydrogen-bond acceptors (Lipinski definition) is 13. The molecule has 0 aromatic heterocycles. The van der Waals surface area contributed by atoms with E-state index in [0.717, 1.165) is 27.9 Å². The molecule has 288 valence electrons. The number of anilines is 2. The molecule has 15 heteroatoms. The van der Waals surface area contributed by atoms with E-state index in [1.54, 1.807) is 42.5 Å². The Bertz CT molecular complexity index is 2900. The van der Waals surface area contributed by atoms with E-state index in [1.165, 1.54) is 24.3 Å². The van der Waals surface area contributed by atoms with Crippen LogP contribution in [0.1, 0.15) is 16.7 Å². The van der Waals surface area contributed by atoms with Gasteiger partial charge in [-0.05, 0) is 134 Å². The quantitative estimate of drug-likeness (QED) is 0.0740. The molecule has 0 atom stereocenters. The van der Waals surface area contributed by atoms with Crippen molar-refractivity contribution in [3.8, 4) is 11.5 Å². The van der Waals surface area contributed by atoms with Gasteiger partial charge in [0, 0.05) is 22.8 Å². The Morgan fingerprint density at radius 1 is 0.466 bits per heavy atom. The van der Waals surface area contributed by atoms with Crippen LogP contribution in [0, 0.1) is 20.8 Å². The maximum Gasteiger partial charge on any atom is 0.296 e. The molecule has 0 aliphatic carbocycles. The van der Waals surface area contributed by atoms with Gasteiger partial charge in [-0.1, -0.05) is 36.4 Å². The first-order chi connectivity index (χ1) is 27.9. The van der Waals surface area contributed by atoms with Gasteiger partial charge in [-0.2, -0.15) is 34.0 Å². The third kappa shape index (κ3) is 9.13. The molecule has 58 heavy (non-hydrogen) atoms. The molecule has 0 aliphatic heterocycles. The summed E-state index contributed by atoms with van der Waals surface area (Å²) in [6.07, 6.45) is 0. The van der Waals surface area contributed by atoms with E-state index in [9.17, 15) is 23.2 Å². The monoisotopic (exact) mass is 789 g/mol. The standard InChI is InChI=1S/C43H35N9O5S/c1-26-22-38(27(2)21-37(26)49-46-32-16-14-31(15-17-32)45-47-35-11-7-8-12-42(35)58(55,56)57)50-51-39-25-41(53)40(23-28(39)3)52-48-36-20-13-29-24-33(18-19-34(29)43(36)54)44-30-9-5-4-6-10-30/h4-25,44,53-54H,1-3H3,(H,55,56,57). The summed E-state index contributed by atoms with van der Waals surface area (Å²) in [6, 6.07) is 38.2. The molecule has 0 aliphatic rings. The molecule has 4 N–H and O–H groups in total. The van der Waals surface area contributed by atoms with Crippen molar-refractivity contribution >= 4 is 77.8 Å². The summed E-state index contributed by atoms with van der Waals surface area (Å²) in [5.41, 5.74) is 7.31. The average Bonchev–Trinajstić information content (AvgIpc) is 3.21. The van der Waals surface area contributed by atoms with Gasteiger partial charge in [0.1, 0.15) is 27.7 Å². The minimum absolute atomic E-state index is 0.0136. The summed E-state index contributed by atoms with van der Waals surface area (Å²) < 4.78 is 32.6. The van der Waals surface area contributed by atoms with Crippen molar-refractivity contribution in [3.05, 3.63) is 150 Å². The number of phenols is 2. The maximum atomic E-state index is 11.6. The third-order valence-corrected chi connectivity index (χ3v) is 9.81. The minimum atomic E-state index is -4.44. The number of fused-ring (bicyclic) bond motifs is 1. The highest BCUT2D eigenvalue weighted by molar-refractivity contribution is 7.86. The molecule has 0 spiro atoms. The van der Waals surface area contributed by atoms with E-state index in [4.69, 9.17) is 0 Å². The molecule has 0 radical (unpaired) electrons. The molecule has 7 aromatic rings. The second-order valence-electron chi connectivity index (χ2n) is 13.2. The zero-order chi connectivity index (χ0) is 40.8. The number of azo groups is 4. The van der Waals surface area contributed by atoms with Crippen LogP contribution in [0.15, 0.2) is 179 Å². The summed E-state index contributed by atoms with van der Waals surface area (Å²) in [7, 11) is -4.44. The predicted octanol–water partition coefficient (Wildman–Crippen LogP) is 13.8. The number of aryl methyl sites for hydroxylation is 3. The van der Waals surface area contributed by atoms with Crippen LogP contribution in [0.25, 0.3) is 10.8 Å². The highest BCUT2D eigenvalue weighted by atomic mass is 32.2. The van der Waals surface area contributed by atoms with Gasteiger partial charge in [-0.3, -0.25) is 4.55 Å². The van der Waals surface area contributed by atoms with Gasteiger partial charge in [-0.15, -0.1) is 15.3 Å². The number of para-hydroxylation sites is 1. The summed E-state index contributed by atoms with van der Waals surface area (Å²) in [5, 5.41) is 60.6. The molecule has 0 saturated heterocycles. The Kier molecular flexibility index (Phi) is 11.2. The van der Waals surface area contributed by atoms with Crippen molar-refractivity contribution in [1.29, 1.82) is 0 Å². The fourth-order valence-corrected chi connectivity index (χ4v) is 6.41. The first kappa shape index (κ1) is 38.8. The average molecular weight is 790 g/mol. The highest BCUT2D eigenvalue weighted by Crippen LogP contribution is 2.40. The number of hydrogen-bond donors (Lipinski definition) is 4. The van der Waals surface area contributed by atoms with Crippen molar-refractivity contribution in [1.82, 2.24) is 0 Å². The normalized spacial score (nSPS) is 12.1. The number of nitrogens with zero attached hydrogens (tertiary/aromatic N) is 8. The van der Waals surface area contributed by atoms with Crippen LogP contribution in [0.2, 0.25) is 0 Å². The van der Waals surface area contributed by atoms with Crippen LogP contribution in [0.3, 0.4) is 0 Å². The Morgan fingerprint density at radius 3 is 1.62 bits per heavy atom. The van der Waals surface area contributed by atoms with Crippen LogP contribution in [0.5, 0.6) is 11.5 Å². The van der Waals surface area contributed by atoms with Crippen molar-refractivity contribution in [3.63, 3.8) is 0 Å². The van der Waals surface area contributed by atoms with E-state index < -0.39 is 10.1 Å². The Labute approximate surface area is 333 Å². The first-order valence-corrected chi connectivity index (χ1v) is 19.2. The SMILES string of the molecule is Cc1cc(N=Nc2cc(O)c(N=Nc3ccc4cc(Nc5ccccc5)ccc4c3O)cc2C)c(C)cc1N=Nc1ccc(N=Nc2ccccc2S(=O)(=O)O)cc1. The molecule has 0 saturated carbocycles.